The molecule has 4 rings (SSSR count). The zero-order valence-electron chi connectivity index (χ0n) is 14.6. The van der Waals surface area contributed by atoms with Crippen LogP contribution in [0.25, 0.3) is 0 Å². The molecule has 0 saturated heterocycles. The molecule has 0 spiro atoms. The monoisotopic (exact) mass is 373 g/mol. The Morgan fingerprint density at radius 1 is 1.12 bits per heavy atom. The number of fused-ring (bicyclic) bond motifs is 1. The second-order valence-electron chi connectivity index (χ2n) is 7.16. The lowest BCUT2D eigenvalue weighted by atomic mass is 9.92. The van der Waals surface area contributed by atoms with Crippen LogP contribution in [-0.2, 0) is 29.4 Å². The fourth-order valence-electron chi connectivity index (χ4n) is 3.47. The minimum absolute atomic E-state index is 0.130. The Balaban J connectivity index is 1.41. The molecule has 0 amide bonds. The van der Waals surface area contributed by atoms with Gasteiger partial charge in [0.1, 0.15) is 0 Å². The molecule has 0 radical (unpaired) electrons. The van der Waals surface area contributed by atoms with Crippen molar-refractivity contribution in [3.8, 4) is 0 Å². The summed E-state index contributed by atoms with van der Waals surface area (Å²) in [6.07, 6.45) is 7.94. The van der Waals surface area contributed by atoms with E-state index in [2.05, 4.69) is 9.71 Å². The predicted molar refractivity (Wildman–Crippen MR) is 98.7 cm³/mol. The molecule has 26 heavy (non-hydrogen) atoms. The van der Waals surface area contributed by atoms with Crippen LogP contribution in [0.4, 0.5) is 0 Å². The van der Waals surface area contributed by atoms with E-state index >= 15 is 0 Å². The predicted octanol–water partition coefficient (Wildman–Crippen LogP) is 1.98. The molecular weight excluding hydrogens is 350 g/mol. The number of rotatable bonds is 6. The summed E-state index contributed by atoms with van der Waals surface area (Å²) in [4.78, 5) is 16.7. The Morgan fingerprint density at radius 2 is 1.88 bits per heavy atom. The van der Waals surface area contributed by atoms with Crippen LogP contribution in [0.3, 0.4) is 0 Å². The van der Waals surface area contributed by atoms with Crippen LogP contribution < -0.4 is 10.3 Å². The summed E-state index contributed by atoms with van der Waals surface area (Å²) in [5, 5.41) is 0. The van der Waals surface area contributed by atoms with Gasteiger partial charge >= 0.3 is 0 Å². The van der Waals surface area contributed by atoms with E-state index in [0.29, 0.717) is 10.8 Å². The Labute approximate surface area is 153 Å². The van der Waals surface area contributed by atoms with Crippen molar-refractivity contribution in [2.24, 2.45) is 0 Å². The molecule has 1 aromatic carbocycles. The van der Waals surface area contributed by atoms with Crippen molar-refractivity contribution >= 4 is 10.0 Å². The molecule has 1 N–H and O–H groups in total. The van der Waals surface area contributed by atoms with E-state index in [0.717, 1.165) is 43.4 Å². The first-order chi connectivity index (χ1) is 12.5. The molecule has 1 saturated carbocycles. The van der Waals surface area contributed by atoms with Crippen molar-refractivity contribution in [1.82, 2.24) is 14.3 Å². The van der Waals surface area contributed by atoms with E-state index in [1.807, 2.05) is 6.07 Å². The molecule has 0 bridgehead atoms. The average molecular weight is 373 g/mol. The molecule has 2 aromatic rings. The minimum Gasteiger partial charge on any atom is -0.298 e. The van der Waals surface area contributed by atoms with Gasteiger partial charge in [0.2, 0.25) is 10.0 Å². The standard InChI is InChI=1S/C19H23N3O3S/c23-19-12-18(15-5-6-15)20-13-22(19)10-9-21-26(24,25)17-8-7-14-3-1-2-4-16(14)11-17/h7-8,11-13,15,21H,1-6,9-10H2. The SMILES string of the molecule is O=c1cc(C2CC2)ncn1CCNS(=O)(=O)c1ccc2c(c1)CCCC2. The van der Waals surface area contributed by atoms with E-state index in [4.69, 9.17) is 0 Å². The van der Waals surface area contributed by atoms with Crippen molar-refractivity contribution in [1.29, 1.82) is 0 Å². The molecule has 2 aliphatic carbocycles. The molecule has 0 unspecified atom stereocenters. The van der Waals surface area contributed by atoms with Gasteiger partial charge in [-0.15, -0.1) is 0 Å². The fraction of sp³-hybridized carbons (Fsp3) is 0.474. The molecule has 1 heterocycles. The highest BCUT2D eigenvalue weighted by atomic mass is 32.2. The van der Waals surface area contributed by atoms with Gasteiger partial charge in [-0.3, -0.25) is 9.36 Å². The lowest BCUT2D eigenvalue weighted by Crippen LogP contribution is -2.31. The number of benzene rings is 1. The lowest BCUT2D eigenvalue weighted by Gasteiger charge is -2.17. The van der Waals surface area contributed by atoms with E-state index in [1.165, 1.54) is 22.9 Å². The molecule has 7 heteroatoms. The molecule has 2 aliphatic rings. The first kappa shape index (κ1) is 17.4. The lowest BCUT2D eigenvalue weighted by molar-refractivity contribution is 0.567. The molecular formula is C19H23N3O3S. The van der Waals surface area contributed by atoms with Crippen LogP contribution >= 0.6 is 0 Å². The van der Waals surface area contributed by atoms with E-state index in [1.54, 1.807) is 18.2 Å². The number of sulfonamides is 1. The van der Waals surface area contributed by atoms with Crippen LogP contribution in [0.5, 0.6) is 0 Å². The number of nitrogens with one attached hydrogen (secondary N) is 1. The summed E-state index contributed by atoms with van der Waals surface area (Å²) in [7, 11) is -3.57. The number of aromatic nitrogens is 2. The first-order valence-electron chi connectivity index (χ1n) is 9.21. The van der Waals surface area contributed by atoms with E-state index < -0.39 is 10.0 Å². The molecule has 138 valence electrons. The summed E-state index contributed by atoms with van der Waals surface area (Å²) in [6.45, 7) is 0.421. The molecule has 0 aliphatic heterocycles. The van der Waals surface area contributed by atoms with E-state index in [-0.39, 0.29) is 18.6 Å². The van der Waals surface area contributed by atoms with Crippen LogP contribution in [0, 0.1) is 0 Å². The highest BCUT2D eigenvalue weighted by Gasteiger charge is 2.25. The minimum atomic E-state index is -3.57. The Bertz CT molecular complexity index is 978. The van der Waals surface area contributed by atoms with Crippen molar-refractivity contribution in [2.45, 2.75) is 55.9 Å². The normalized spacial score (nSPS) is 17.1. The van der Waals surface area contributed by atoms with Crippen molar-refractivity contribution in [3.63, 3.8) is 0 Å². The highest BCUT2D eigenvalue weighted by molar-refractivity contribution is 7.89. The highest BCUT2D eigenvalue weighted by Crippen LogP contribution is 2.38. The molecule has 1 aromatic heterocycles. The number of nitrogens with zero attached hydrogens (tertiary/aromatic N) is 2. The Kier molecular flexibility index (Phi) is 4.67. The number of hydrogen-bond acceptors (Lipinski definition) is 4. The first-order valence-corrected chi connectivity index (χ1v) is 10.7. The van der Waals surface area contributed by atoms with E-state index in [9.17, 15) is 13.2 Å². The van der Waals surface area contributed by atoms with Gasteiger partial charge in [0, 0.05) is 25.1 Å². The maximum Gasteiger partial charge on any atom is 0.253 e. The smallest absolute Gasteiger partial charge is 0.253 e. The average Bonchev–Trinajstić information content (AvgIpc) is 3.48. The van der Waals surface area contributed by atoms with Gasteiger partial charge in [-0.25, -0.2) is 18.1 Å². The Morgan fingerprint density at radius 3 is 2.62 bits per heavy atom. The summed E-state index contributed by atoms with van der Waals surface area (Å²) in [6, 6.07) is 6.95. The van der Waals surface area contributed by atoms with Crippen molar-refractivity contribution in [2.75, 3.05) is 6.54 Å². The van der Waals surface area contributed by atoms with Crippen LogP contribution in [-0.4, -0.2) is 24.5 Å². The number of aryl methyl sites for hydroxylation is 2. The van der Waals surface area contributed by atoms with Crippen LogP contribution in [0.15, 0.2) is 40.3 Å². The van der Waals surface area contributed by atoms with Gasteiger partial charge in [-0.1, -0.05) is 6.07 Å². The van der Waals surface area contributed by atoms with Gasteiger partial charge in [0.15, 0.2) is 0 Å². The fourth-order valence-corrected chi connectivity index (χ4v) is 4.54. The third kappa shape index (κ3) is 3.73. The van der Waals surface area contributed by atoms with Gasteiger partial charge in [-0.05, 0) is 61.8 Å². The third-order valence-electron chi connectivity index (χ3n) is 5.17. The van der Waals surface area contributed by atoms with Crippen LogP contribution in [0.1, 0.15) is 48.4 Å². The maximum atomic E-state index is 12.5. The van der Waals surface area contributed by atoms with Gasteiger partial charge in [0.05, 0.1) is 16.9 Å². The van der Waals surface area contributed by atoms with Crippen molar-refractivity contribution in [3.05, 3.63) is 57.8 Å². The molecule has 1 fully saturated rings. The molecule has 6 nitrogen and oxygen atoms in total. The van der Waals surface area contributed by atoms with Crippen LogP contribution in [0.2, 0.25) is 0 Å². The zero-order chi connectivity index (χ0) is 18.1. The van der Waals surface area contributed by atoms with Gasteiger partial charge in [0.25, 0.3) is 5.56 Å². The summed E-state index contributed by atoms with van der Waals surface area (Å²) in [5.74, 6) is 0.430. The van der Waals surface area contributed by atoms with Gasteiger partial charge < -0.3 is 0 Å². The quantitative estimate of drug-likeness (QED) is 0.839. The zero-order valence-corrected chi connectivity index (χ0v) is 15.5. The van der Waals surface area contributed by atoms with Gasteiger partial charge in [-0.2, -0.15) is 0 Å². The summed E-state index contributed by atoms with van der Waals surface area (Å²) in [5.41, 5.74) is 3.11. The number of hydrogen-bond donors (Lipinski definition) is 1. The summed E-state index contributed by atoms with van der Waals surface area (Å²) >= 11 is 0. The summed E-state index contributed by atoms with van der Waals surface area (Å²) < 4.78 is 29.1. The second-order valence-corrected chi connectivity index (χ2v) is 8.92. The third-order valence-corrected chi connectivity index (χ3v) is 6.63. The second kappa shape index (κ2) is 6.96. The Hall–Kier alpha value is -1.99. The maximum absolute atomic E-state index is 12.5. The topological polar surface area (TPSA) is 81.1 Å². The largest absolute Gasteiger partial charge is 0.298 e. The van der Waals surface area contributed by atoms with Crippen molar-refractivity contribution < 1.29 is 8.42 Å². The molecule has 0 atom stereocenters.